The van der Waals surface area contributed by atoms with Gasteiger partial charge >= 0.3 is 5.97 Å². The Morgan fingerprint density at radius 2 is 1.43 bits per heavy atom. The second kappa shape index (κ2) is 5.92. The van der Waals surface area contributed by atoms with Gasteiger partial charge in [0.15, 0.2) is 5.75 Å². The van der Waals surface area contributed by atoms with E-state index in [1.807, 2.05) is 32.0 Å². The Bertz CT molecular complexity index is 744. The molecule has 0 amide bonds. The summed E-state index contributed by atoms with van der Waals surface area (Å²) < 4.78 is 5.35. The van der Waals surface area contributed by atoms with Crippen molar-refractivity contribution in [3.8, 4) is 5.75 Å². The lowest BCUT2D eigenvalue weighted by atomic mass is 10.1. The molecule has 0 aliphatic heterocycles. The second-order valence-electron chi connectivity index (χ2n) is 5.31. The largest absolute Gasteiger partial charge is 0.418 e. The molecule has 0 N–H and O–H groups in total. The SMILES string of the molecule is Cc1ccc(C(=O)Oc2c(C)cc(C)cc(C)c2=O)cc1. The van der Waals surface area contributed by atoms with Crippen LogP contribution >= 0.6 is 0 Å². The molecule has 0 unspecified atom stereocenters. The maximum Gasteiger partial charge on any atom is 0.343 e. The lowest BCUT2D eigenvalue weighted by molar-refractivity contribution is 0.0732. The summed E-state index contributed by atoms with van der Waals surface area (Å²) in [5, 5.41) is 0. The van der Waals surface area contributed by atoms with Gasteiger partial charge in [-0.25, -0.2) is 4.79 Å². The van der Waals surface area contributed by atoms with Gasteiger partial charge < -0.3 is 4.74 Å². The van der Waals surface area contributed by atoms with Crippen LogP contribution in [0, 0.1) is 27.7 Å². The van der Waals surface area contributed by atoms with Crippen LogP contribution in [-0.4, -0.2) is 5.97 Å². The predicted molar refractivity (Wildman–Crippen MR) is 83.1 cm³/mol. The van der Waals surface area contributed by atoms with Crippen molar-refractivity contribution in [2.24, 2.45) is 0 Å². The van der Waals surface area contributed by atoms with Crippen molar-refractivity contribution in [2.45, 2.75) is 27.7 Å². The van der Waals surface area contributed by atoms with Gasteiger partial charge in [0.25, 0.3) is 0 Å². The van der Waals surface area contributed by atoms with E-state index >= 15 is 0 Å². The molecule has 0 heterocycles. The molecular formula is C18H18O3. The minimum absolute atomic E-state index is 0.103. The van der Waals surface area contributed by atoms with Crippen molar-refractivity contribution < 1.29 is 9.53 Å². The van der Waals surface area contributed by atoms with Crippen LogP contribution in [0.15, 0.2) is 41.2 Å². The molecule has 0 radical (unpaired) electrons. The van der Waals surface area contributed by atoms with E-state index in [0.717, 1.165) is 11.1 Å². The van der Waals surface area contributed by atoms with Gasteiger partial charge in [0.05, 0.1) is 5.56 Å². The normalized spacial score (nSPS) is 10.3. The molecule has 2 rings (SSSR count). The van der Waals surface area contributed by atoms with E-state index in [0.29, 0.717) is 16.7 Å². The molecule has 21 heavy (non-hydrogen) atoms. The Kier molecular flexibility index (Phi) is 4.22. The molecule has 0 saturated carbocycles. The second-order valence-corrected chi connectivity index (χ2v) is 5.31. The third-order valence-corrected chi connectivity index (χ3v) is 3.29. The molecule has 0 aliphatic rings. The number of aryl methyl sites for hydroxylation is 4. The molecule has 0 aromatic heterocycles. The average Bonchev–Trinajstić information content (AvgIpc) is 2.51. The molecular weight excluding hydrogens is 264 g/mol. The predicted octanol–water partition coefficient (Wildman–Crippen LogP) is 3.50. The number of carbonyl (C=O) groups excluding carboxylic acids is 1. The molecule has 0 spiro atoms. The van der Waals surface area contributed by atoms with E-state index in [4.69, 9.17) is 4.74 Å². The van der Waals surface area contributed by atoms with Gasteiger partial charge in [-0.2, -0.15) is 0 Å². The number of esters is 1. The van der Waals surface area contributed by atoms with Crippen LogP contribution in [0.25, 0.3) is 0 Å². The van der Waals surface area contributed by atoms with Crippen molar-refractivity contribution in [3.05, 3.63) is 74.4 Å². The highest BCUT2D eigenvalue weighted by molar-refractivity contribution is 5.91. The van der Waals surface area contributed by atoms with Crippen LogP contribution in [0.1, 0.15) is 32.6 Å². The number of carbonyl (C=O) groups is 1. The lowest BCUT2D eigenvalue weighted by Gasteiger charge is -2.05. The number of benzene rings is 1. The average molecular weight is 282 g/mol. The highest BCUT2D eigenvalue weighted by Crippen LogP contribution is 2.16. The third kappa shape index (κ3) is 3.37. The van der Waals surface area contributed by atoms with Gasteiger partial charge in [-0.05, 0) is 45.4 Å². The first-order valence-electron chi connectivity index (χ1n) is 6.79. The number of hydrogen-bond acceptors (Lipinski definition) is 3. The van der Waals surface area contributed by atoms with Gasteiger partial charge in [0.2, 0.25) is 5.43 Å². The summed E-state index contributed by atoms with van der Waals surface area (Å²) in [5.74, 6) is -0.412. The molecule has 2 aromatic rings. The molecule has 0 fully saturated rings. The number of hydrogen-bond donors (Lipinski definition) is 0. The topological polar surface area (TPSA) is 43.4 Å². The Morgan fingerprint density at radius 1 is 0.857 bits per heavy atom. The van der Waals surface area contributed by atoms with Gasteiger partial charge in [-0.3, -0.25) is 4.79 Å². The molecule has 0 saturated heterocycles. The van der Waals surface area contributed by atoms with Crippen LogP contribution in [0.3, 0.4) is 0 Å². The van der Waals surface area contributed by atoms with Crippen molar-refractivity contribution in [1.29, 1.82) is 0 Å². The minimum atomic E-state index is -0.515. The summed E-state index contributed by atoms with van der Waals surface area (Å²) >= 11 is 0. The maximum atomic E-state index is 12.3. The fraction of sp³-hybridized carbons (Fsp3) is 0.222. The quantitative estimate of drug-likeness (QED) is 0.792. The van der Waals surface area contributed by atoms with Gasteiger partial charge in [0.1, 0.15) is 0 Å². The summed E-state index contributed by atoms with van der Waals surface area (Å²) in [6.45, 7) is 7.34. The van der Waals surface area contributed by atoms with E-state index in [2.05, 4.69) is 0 Å². The van der Waals surface area contributed by atoms with E-state index in [-0.39, 0.29) is 11.2 Å². The summed E-state index contributed by atoms with van der Waals surface area (Å²) in [7, 11) is 0. The van der Waals surface area contributed by atoms with Crippen LogP contribution in [0.5, 0.6) is 5.75 Å². The first kappa shape index (κ1) is 15.0. The van der Waals surface area contributed by atoms with Gasteiger partial charge in [0, 0.05) is 5.56 Å². The number of ether oxygens (including phenoxy) is 1. The van der Waals surface area contributed by atoms with Gasteiger partial charge in [-0.1, -0.05) is 35.4 Å². The zero-order chi connectivity index (χ0) is 15.6. The van der Waals surface area contributed by atoms with E-state index in [9.17, 15) is 9.59 Å². The molecule has 2 aromatic carbocycles. The summed E-state index contributed by atoms with van der Waals surface area (Å²) in [4.78, 5) is 24.5. The zero-order valence-electron chi connectivity index (χ0n) is 12.7. The Hall–Kier alpha value is -2.42. The fourth-order valence-corrected chi connectivity index (χ4v) is 2.18. The summed E-state index contributed by atoms with van der Waals surface area (Å²) in [6, 6.07) is 10.7. The molecule has 0 aliphatic carbocycles. The smallest absolute Gasteiger partial charge is 0.343 e. The Labute approximate surface area is 124 Å². The standard InChI is InChI=1S/C18H18O3/c1-11-5-7-15(8-6-11)18(20)21-17-14(4)10-12(2)9-13(3)16(17)19/h5-10H,1-4H3. The summed E-state index contributed by atoms with van der Waals surface area (Å²) in [5.41, 5.74) is 3.42. The fourth-order valence-electron chi connectivity index (χ4n) is 2.18. The molecule has 3 heteroatoms. The van der Waals surface area contributed by atoms with Crippen LogP contribution in [0.4, 0.5) is 0 Å². The van der Waals surface area contributed by atoms with Crippen molar-refractivity contribution in [1.82, 2.24) is 0 Å². The Morgan fingerprint density at radius 3 is 2.05 bits per heavy atom. The monoisotopic (exact) mass is 282 g/mol. The van der Waals surface area contributed by atoms with Crippen LogP contribution < -0.4 is 10.2 Å². The molecule has 3 nitrogen and oxygen atoms in total. The summed E-state index contributed by atoms with van der Waals surface area (Å²) in [6.07, 6.45) is 0. The van der Waals surface area contributed by atoms with Crippen LogP contribution in [0.2, 0.25) is 0 Å². The zero-order valence-corrected chi connectivity index (χ0v) is 12.7. The number of rotatable bonds is 2. The molecule has 0 bridgehead atoms. The highest BCUT2D eigenvalue weighted by Gasteiger charge is 2.13. The van der Waals surface area contributed by atoms with E-state index < -0.39 is 5.97 Å². The Balaban J connectivity index is 2.43. The molecule has 0 atom stereocenters. The lowest BCUT2D eigenvalue weighted by Crippen LogP contribution is -2.15. The maximum absolute atomic E-state index is 12.3. The van der Waals surface area contributed by atoms with Crippen molar-refractivity contribution >= 4 is 5.97 Å². The van der Waals surface area contributed by atoms with E-state index in [1.165, 1.54) is 0 Å². The van der Waals surface area contributed by atoms with Crippen molar-refractivity contribution in [3.63, 3.8) is 0 Å². The first-order chi connectivity index (χ1) is 9.88. The van der Waals surface area contributed by atoms with E-state index in [1.54, 1.807) is 32.0 Å². The van der Waals surface area contributed by atoms with Gasteiger partial charge in [-0.15, -0.1) is 0 Å². The molecule has 108 valence electrons. The minimum Gasteiger partial charge on any atom is -0.418 e. The highest BCUT2D eigenvalue weighted by atomic mass is 16.5. The van der Waals surface area contributed by atoms with Crippen LogP contribution in [-0.2, 0) is 0 Å². The van der Waals surface area contributed by atoms with Crippen molar-refractivity contribution in [2.75, 3.05) is 0 Å². The first-order valence-corrected chi connectivity index (χ1v) is 6.79. The third-order valence-electron chi connectivity index (χ3n) is 3.29.